The van der Waals surface area contributed by atoms with E-state index in [0.717, 1.165) is 43.5 Å². The van der Waals surface area contributed by atoms with Gasteiger partial charge in [0.25, 0.3) is 0 Å². The van der Waals surface area contributed by atoms with Crippen LogP contribution in [0.1, 0.15) is 31.7 Å². The van der Waals surface area contributed by atoms with E-state index in [1.807, 2.05) is 44.2 Å². The van der Waals surface area contributed by atoms with Crippen LogP contribution in [0.3, 0.4) is 0 Å². The molecule has 2 rings (SSSR count). The summed E-state index contributed by atoms with van der Waals surface area (Å²) in [6.45, 7) is 11.4. The highest BCUT2D eigenvalue weighted by Crippen LogP contribution is 2.10. The molecule has 1 aromatic heterocycles. The van der Waals surface area contributed by atoms with Crippen LogP contribution < -0.4 is 15.4 Å². The second-order valence-corrected chi connectivity index (χ2v) is 6.39. The van der Waals surface area contributed by atoms with Gasteiger partial charge in [-0.2, -0.15) is 5.10 Å². The molecule has 1 unspecified atom stereocenters. The summed E-state index contributed by atoms with van der Waals surface area (Å²) in [7, 11) is 0. The van der Waals surface area contributed by atoms with Gasteiger partial charge in [0.05, 0.1) is 12.2 Å². The second-order valence-electron chi connectivity index (χ2n) is 6.39. The Morgan fingerprint density at radius 2 is 2.00 bits per heavy atom. The lowest BCUT2D eigenvalue weighted by atomic mass is 10.3. The van der Waals surface area contributed by atoms with Gasteiger partial charge in [-0.25, -0.2) is 4.99 Å². The van der Waals surface area contributed by atoms with Crippen molar-refractivity contribution in [3.05, 3.63) is 47.8 Å². The van der Waals surface area contributed by atoms with E-state index in [0.29, 0.717) is 6.54 Å². The Bertz CT molecular complexity index is 681. The summed E-state index contributed by atoms with van der Waals surface area (Å²) in [4.78, 5) is 4.62. The molecule has 6 nitrogen and oxygen atoms in total. The Balaban J connectivity index is 1.75. The topological polar surface area (TPSA) is 63.5 Å². The van der Waals surface area contributed by atoms with Gasteiger partial charge in [0.15, 0.2) is 5.96 Å². The maximum absolute atomic E-state index is 5.87. The van der Waals surface area contributed by atoms with E-state index in [9.17, 15) is 0 Å². The first kappa shape index (κ1) is 19.8. The van der Waals surface area contributed by atoms with E-state index < -0.39 is 0 Å². The minimum Gasteiger partial charge on any atom is -0.489 e. The zero-order chi connectivity index (χ0) is 18.8. The van der Waals surface area contributed by atoms with E-state index >= 15 is 0 Å². The number of hydrogen-bond donors (Lipinski definition) is 2. The molecule has 0 saturated heterocycles. The zero-order valence-corrected chi connectivity index (χ0v) is 16.3. The van der Waals surface area contributed by atoms with Crippen molar-refractivity contribution in [2.45, 2.75) is 46.8 Å². The second kappa shape index (κ2) is 10.5. The standard InChI is InChI=1S/C20H31N5O/c1-5-21-20(22-12-9-13-25-17(3)14-16(2)24-25)23-15-18(4)26-19-10-7-6-8-11-19/h6-8,10-11,14,18H,5,9,12-13,15H2,1-4H3,(H2,21,22,23). The number of aromatic nitrogens is 2. The fourth-order valence-electron chi connectivity index (χ4n) is 2.67. The zero-order valence-electron chi connectivity index (χ0n) is 16.3. The van der Waals surface area contributed by atoms with Crippen LogP contribution in [0, 0.1) is 13.8 Å². The quantitative estimate of drug-likeness (QED) is 0.411. The minimum absolute atomic E-state index is 0.0163. The van der Waals surface area contributed by atoms with Crippen molar-refractivity contribution in [1.82, 2.24) is 20.4 Å². The number of ether oxygens (including phenoxy) is 1. The van der Waals surface area contributed by atoms with E-state index in [-0.39, 0.29) is 6.10 Å². The molecule has 0 bridgehead atoms. The number of guanidine groups is 1. The number of para-hydroxylation sites is 1. The number of rotatable bonds is 9. The summed E-state index contributed by atoms with van der Waals surface area (Å²) in [5.74, 6) is 1.70. The van der Waals surface area contributed by atoms with Crippen LogP contribution in [0.2, 0.25) is 0 Å². The molecule has 2 N–H and O–H groups in total. The SMILES string of the molecule is CCNC(=NCC(C)Oc1ccccc1)NCCCn1nc(C)cc1C. The van der Waals surface area contributed by atoms with E-state index in [4.69, 9.17) is 4.74 Å². The monoisotopic (exact) mass is 357 g/mol. The number of nitrogens with one attached hydrogen (secondary N) is 2. The minimum atomic E-state index is 0.0163. The molecule has 26 heavy (non-hydrogen) atoms. The molecule has 2 aromatic rings. The van der Waals surface area contributed by atoms with Crippen LogP contribution in [-0.2, 0) is 6.54 Å². The van der Waals surface area contributed by atoms with E-state index in [1.54, 1.807) is 0 Å². The van der Waals surface area contributed by atoms with Crippen LogP contribution in [0.15, 0.2) is 41.4 Å². The van der Waals surface area contributed by atoms with Gasteiger partial charge in [-0.3, -0.25) is 4.68 Å². The van der Waals surface area contributed by atoms with Crippen molar-refractivity contribution >= 4 is 5.96 Å². The largest absolute Gasteiger partial charge is 0.489 e. The van der Waals surface area contributed by atoms with Crippen LogP contribution in [0.25, 0.3) is 0 Å². The molecule has 1 atom stereocenters. The van der Waals surface area contributed by atoms with E-state index in [1.165, 1.54) is 5.69 Å². The fraction of sp³-hybridized carbons (Fsp3) is 0.500. The molecule has 0 aliphatic heterocycles. The molecule has 0 aliphatic rings. The average Bonchev–Trinajstić information content (AvgIpc) is 2.94. The lowest BCUT2D eigenvalue weighted by Gasteiger charge is -2.15. The van der Waals surface area contributed by atoms with Gasteiger partial charge in [0.1, 0.15) is 11.9 Å². The third-order valence-electron chi connectivity index (χ3n) is 3.87. The molecular formula is C20H31N5O. The Morgan fingerprint density at radius 3 is 2.65 bits per heavy atom. The number of benzene rings is 1. The fourth-order valence-corrected chi connectivity index (χ4v) is 2.67. The first-order valence-electron chi connectivity index (χ1n) is 9.33. The molecule has 0 fully saturated rings. The van der Waals surface area contributed by atoms with Gasteiger partial charge in [-0.05, 0) is 52.3 Å². The number of nitrogens with zero attached hydrogens (tertiary/aromatic N) is 3. The molecule has 0 spiro atoms. The van der Waals surface area contributed by atoms with Crippen LogP contribution in [0.4, 0.5) is 0 Å². The number of hydrogen-bond acceptors (Lipinski definition) is 3. The summed E-state index contributed by atoms with van der Waals surface area (Å²) in [5.41, 5.74) is 2.27. The third kappa shape index (κ3) is 6.78. The van der Waals surface area contributed by atoms with Crippen LogP contribution in [-0.4, -0.2) is 41.5 Å². The lowest BCUT2D eigenvalue weighted by molar-refractivity contribution is 0.230. The first-order chi connectivity index (χ1) is 12.6. The summed E-state index contributed by atoms with van der Waals surface area (Å²) >= 11 is 0. The van der Waals surface area contributed by atoms with Gasteiger partial charge in [0, 0.05) is 25.3 Å². The highest BCUT2D eigenvalue weighted by molar-refractivity contribution is 5.79. The van der Waals surface area contributed by atoms with Crippen molar-refractivity contribution in [3.63, 3.8) is 0 Å². The van der Waals surface area contributed by atoms with Crippen LogP contribution in [0.5, 0.6) is 5.75 Å². The Labute approximate surface area is 156 Å². The molecule has 0 aliphatic carbocycles. The number of aryl methyl sites for hydroxylation is 3. The maximum atomic E-state index is 5.87. The Morgan fingerprint density at radius 1 is 1.23 bits per heavy atom. The Hall–Kier alpha value is -2.50. The molecule has 0 radical (unpaired) electrons. The molecule has 1 aromatic carbocycles. The van der Waals surface area contributed by atoms with Crippen molar-refractivity contribution in [2.24, 2.45) is 4.99 Å². The van der Waals surface area contributed by atoms with Crippen molar-refractivity contribution in [2.75, 3.05) is 19.6 Å². The summed E-state index contributed by atoms with van der Waals surface area (Å²) in [6.07, 6.45) is 1.00. The van der Waals surface area contributed by atoms with Crippen LogP contribution >= 0.6 is 0 Å². The predicted octanol–water partition coefficient (Wildman–Crippen LogP) is 2.91. The summed E-state index contributed by atoms with van der Waals surface area (Å²) in [5, 5.41) is 11.1. The maximum Gasteiger partial charge on any atom is 0.191 e. The highest BCUT2D eigenvalue weighted by Gasteiger charge is 2.05. The molecular weight excluding hydrogens is 326 g/mol. The first-order valence-corrected chi connectivity index (χ1v) is 9.33. The van der Waals surface area contributed by atoms with Gasteiger partial charge < -0.3 is 15.4 Å². The Kier molecular flexibility index (Phi) is 7.99. The van der Waals surface area contributed by atoms with Gasteiger partial charge >= 0.3 is 0 Å². The molecule has 0 amide bonds. The number of aliphatic imine (C=N–C) groups is 1. The summed E-state index contributed by atoms with van der Waals surface area (Å²) < 4.78 is 7.92. The highest BCUT2D eigenvalue weighted by atomic mass is 16.5. The molecule has 142 valence electrons. The van der Waals surface area contributed by atoms with Gasteiger partial charge in [-0.1, -0.05) is 18.2 Å². The predicted molar refractivity (Wildman–Crippen MR) is 107 cm³/mol. The normalized spacial score (nSPS) is 12.7. The smallest absolute Gasteiger partial charge is 0.191 e. The van der Waals surface area contributed by atoms with Gasteiger partial charge in [-0.15, -0.1) is 0 Å². The van der Waals surface area contributed by atoms with Crippen molar-refractivity contribution < 1.29 is 4.74 Å². The summed E-state index contributed by atoms with van der Waals surface area (Å²) in [6, 6.07) is 12.0. The average molecular weight is 358 g/mol. The van der Waals surface area contributed by atoms with Crippen molar-refractivity contribution in [3.8, 4) is 5.75 Å². The molecule has 6 heteroatoms. The van der Waals surface area contributed by atoms with E-state index in [2.05, 4.69) is 45.3 Å². The van der Waals surface area contributed by atoms with Crippen molar-refractivity contribution in [1.29, 1.82) is 0 Å². The lowest BCUT2D eigenvalue weighted by Crippen LogP contribution is -2.38. The van der Waals surface area contributed by atoms with Gasteiger partial charge in [0.2, 0.25) is 0 Å². The third-order valence-corrected chi connectivity index (χ3v) is 3.87. The molecule has 1 heterocycles. The molecule has 0 saturated carbocycles.